The molecule has 170 valence electrons. The molecule has 2 aromatic carbocycles. The van der Waals surface area contributed by atoms with E-state index in [1.165, 1.54) is 25.3 Å². The molecule has 0 saturated carbocycles. The van der Waals surface area contributed by atoms with E-state index in [-0.39, 0.29) is 34.7 Å². The summed E-state index contributed by atoms with van der Waals surface area (Å²) < 4.78 is 32.1. The van der Waals surface area contributed by atoms with Crippen LogP contribution in [-0.2, 0) is 11.2 Å². The quantitative estimate of drug-likeness (QED) is 0.284. The van der Waals surface area contributed by atoms with Crippen molar-refractivity contribution in [3.8, 4) is 28.9 Å². The van der Waals surface area contributed by atoms with Gasteiger partial charge in [-0.2, -0.15) is 0 Å². The summed E-state index contributed by atoms with van der Waals surface area (Å²) in [5.41, 5.74) is -0.0607. The fourth-order valence-corrected chi connectivity index (χ4v) is 3.15. The van der Waals surface area contributed by atoms with E-state index in [0.29, 0.717) is 34.9 Å². The van der Waals surface area contributed by atoms with E-state index in [4.69, 9.17) is 27.9 Å². The Bertz CT molecular complexity index is 1350. The third-order valence-electron chi connectivity index (χ3n) is 4.80. The van der Waals surface area contributed by atoms with Gasteiger partial charge in [-0.3, -0.25) is 9.59 Å². The number of fused-ring (bicyclic) bond motifs is 1. The van der Waals surface area contributed by atoms with Gasteiger partial charge in [0.1, 0.15) is 34.4 Å². The third-order valence-corrected chi connectivity index (χ3v) is 4.80. The molecule has 4 rings (SSSR count). The molecule has 0 N–H and O–H groups in total. The normalized spacial score (nSPS) is 10.8. The maximum atomic E-state index is 13.0. The summed E-state index contributed by atoms with van der Waals surface area (Å²) in [5.74, 6) is 2.04. The minimum Gasteiger partial charge on any atom is -0.497 e. The molecule has 0 aliphatic heterocycles. The number of aryl methyl sites for hydroxylation is 2. The zero-order chi connectivity index (χ0) is 23.4. The van der Waals surface area contributed by atoms with Gasteiger partial charge in [-0.15, -0.1) is 0 Å². The first-order chi connectivity index (χ1) is 16.0. The molecule has 0 atom stereocenters. The predicted molar refractivity (Wildman–Crippen MR) is 117 cm³/mol. The molecule has 2 aromatic heterocycles. The average molecular weight is 451 g/mol. The van der Waals surface area contributed by atoms with Crippen molar-refractivity contribution in [2.75, 3.05) is 14.2 Å². The first-order valence-corrected chi connectivity index (χ1v) is 10.1. The van der Waals surface area contributed by atoms with E-state index in [9.17, 15) is 9.59 Å². The van der Waals surface area contributed by atoms with Gasteiger partial charge in [0.2, 0.25) is 11.2 Å². The number of carbonyl (C=O) groups is 1. The minimum absolute atomic E-state index is 0.0722. The van der Waals surface area contributed by atoms with Crippen LogP contribution < -0.4 is 24.4 Å². The monoisotopic (exact) mass is 451 g/mol. The number of benzene rings is 2. The molecule has 0 fully saturated rings. The number of aromatic nitrogens is 1. The summed E-state index contributed by atoms with van der Waals surface area (Å²) in [5, 5.41) is 3.98. The van der Waals surface area contributed by atoms with Gasteiger partial charge >= 0.3 is 5.97 Å². The SMILES string of the molecule is COc1cccc(Oc2c(C)oc3cc(OC(=O)CCc4cc(OC)no4)ccc3c2=O)c1. The second-order valence-corrected chi connectivity index (χ2v) is 7.07. The van der Waals surface area contributed by atoms with Crippen molar-refractivity contribution in [3.63, 3.8) is 0 Å². The molecule has 0 bridgehead atoms. The number of nitrogens with zero attached hydrogens (tertiary/aromatic N) is 1. The molecule has 0 radical (unpaired) electrons. The zero-order valence-electron chi connectivity index (χ0n) is 18.2. The van der Waals surface area contributed by atoms with Gasteiger partial charge in [0.25, 0.3) is 5.88 Å². The first-order valence-electron chi connectivity index (χ1n) is 10.1. The fourth-order valence-electron chi connectivity index (χ4n) is 3.15. The molecule has 9 heteroatoms. The molecule has 0 aliphatic rings. The van der Waals surface area contributed by atoms with Crippen molar-refractivity contribution < 1.29 is 32.7 Å². The highest BCUT2D eigenvalue weighted by atomic mass is 16.5. The number of carbonyl (C=O) groups excluding carboxylic acids is 1. The third kappa shape index (κ3) is 4.98. The Balaban J connectivity index is 1.50. The lowest BCUT2D eigenvalue weighted by molar-refractivity contribution is -0.134. The minimum atomic E-state index is -0.471. The van der Waals surface area contributed by atoms with Crippen LogP contribution in [0.3, 0.4) is 0 Å². The fraction of sp³-hybridized carbons (Fsp3) is 0.208. The summed E-state index contributed by atoms with van der Waals surface area (Å²) in [6.45, 7) is 1.63. The van der Waals surface area contributed by atoms with Gasteiger partial charge in [-0.25, -0.2) is 0 Å². The largest absolute Gasteiger partial charge is 0.497 e. The van der Waals surface area contributed by atoms with Crippen LogP contribution in [0, 0.1) is 6.92 Å². The zero-order valence-corrected chi connectivity index (χ0v) is 18.2. The predicted octanol–water partition coefficient (Wildman–Crippen LogP) is 4.44. The Morgan fingerprint density at radius 3 is 2.58 bits per heavy atom. The summed E-state index contributed by atoms with van der Waals surface area (Å²) >= 11 is 0. The number of esters is 1. The Kier molecular flexibility index (Phi) is 6.30. The molecule has 4 aromatic rings. The number of rotatable bonds is 8. The van der Waals surface area contributed by atoms with Crippen molar-refractivity contribution in [1.29, 1.82) is 0 Å². The van der Waals surface area contributed by atoms with E-state index in [2.05, 4.69) is 5.16 Å². The topological polar surface area (TPSA) is 110 Å². The molecule has 0 aliphatic carbocycles. The van der Waals surface area contributed by atoms with E-state index in [0.717, 1.165) is 0 Å². The molecule has 2 heterocycles. The number of methoxy groups -OCH3 is 2. The second kappa shape index (κ2) is 9.47. The van der Waals surface area contributed by atoms with Crippen LogP contribution in [0.15, 0.2) is 62.3 Å². The maximum absolute atomic E-state index is 13.0. The van der Waals surface area contributed by atoms with Crippen LogP contribution in [0.4, 0.5) is 0 Å². The van der Waals surface area contributed by atoms with Crippen molar-refractivity contribution in [3.05, 3.63) is 70.3 Å². The summed E-state index contributed by atoms with van der Waals surface area (Å²) in [4.78, 5) is 25.2. The first kappa shape index (κ1) is 21.9. The van der Waals surface area contributed by atoms with Crippen LogP contribution in [0.5, 0.6) is 28.9 Å². The molecule has 0 amide bonds. The number of hydrogen-bond donors (Lipinski definition) is 0. The van der Waals surface area contributed by atoms with Crippen molar-refractivity contribution in [1.82, 2.24) is 5.16 Å². The number of ether oxygens (including phenoxy) is 4. The molecular formula is C24H21NO8. The van der Waals surface area contributed by atoms with Crippen LogP contribution in [0.2, 0.25) is 0 Å². The van der Waals surface area contributed by atoms with E-state index >= 15 is 0 Å². The van der Waals surface area contributed by atoms with Gasteiger partial charge in [0, 0.05) is 24.6 Å². The molecule has 33 heavy (non-hydrogen) atoms. The Morgan fingerprint density at radius 2 is 1.82 bits per heavy atom. The van der Waals surface area contributed by atoms with Crippen LogP contribution >= 0.6 is 0 Å². The Hall–Kier alpha value is -4.27. The van der Waals surface area contributed by atoms with E-state index in [1.807, 2.05) is 0 Å². The van der Waals surface area contributed by atoms with Gasteiger partial charge in [0.05, 0.1) is 26.0 Å². The molecule has 0 unspecified atom stereocenters. The summed E-state index contributed by atoms with van der Waals surface area (Å²) in [7, 11) is 3.02. The smallest absolute Gasteiger partial charge is 0.311 e. The lowest BCUT2D eigenvalue weighted by Gasteiger charge is -2.10. The van der Waals surface area contributed by atoms with Crippen molar-refractivity contribution in [2.24, 2.45) is 0 Å². The van der Waals surface area contributed by atoms with Gasteiger partial charge < -0.3 is 27.9 Å². The standard InChI is InChI=1S/C24H21NO8/c1-14-24(32-16-6-4-5-15(11-16)28-2)23(27)19-9-7-17(12-20(19)30-14)31-22(26)10-8-18-13-21(29-3)25-33-18/h4-7,9,11-13H,8,10H2,1-3H3. The molecular weight excluding hydrogens is 430 g/mol. The maximum Gasteiger partial charge on any atom is 0.311 e. The van der Waals surface area contributed by atoms with Crippen molar-refractivity contribution in [2.45, 2.75) is 19.8 Å². The van der Waals surface area contributed by atoms with Gasteiger partial charge in [-0.1, -0.05) is 6.07 Å². The Labute approximate surface area is 188 Å². The lowest BCUT2D eigenvalue weighted by Crippen LogP contribution is -2.10. The Morgan fingerprint density at radius 1 is 1.00 bits per heavy atom. The van der Waals surface area contributed by atoms with Gasteiger partial charge in [0.15, 0.2) is 0 Å². The van der Waals surface area contributed by atoms with Gasteiger partial charge in [-0.05, 0) is 36.3 Å². The average Bonchev–Trinajstić information content (AvgIpc) is 3.28. The van der Waals surface area contributed by atoms with E-state index in [1.54, 1.807) is 44.4 Å². The van der Waals surface area contributed by atoms with Crippen molar-refractivity contribution >= 4 is 16.9 Å². The summed E-state index contributed by atoms with van der Waals surface area (Å²) in [6, 6.07) is 13.1. The van der Waals surface area contributed by atoms with Crippen LogP contribution in [-0.4, -0.2) is 25.3 Å². The summed E-state index contributed by atoms with van der Waals surface area (Å²) in [6.07, 6.45) is 0.384. The molecule has 9 nitrogen and oxygen atoms in total. The molecule has 0 spiro atoms. The second-order valence-electron chi connectivity index (χ2n) is 7.07. The molecule has 0 saturated heterocycles. The van der Waals surface area contributed by atoms with Crippen LogP contribution in [0.1, 0.15) is 17.9 Å². The lowest BCUT2D eigenvalue weighted by atomic mass is 10.2. The number of hydrogen-bond acceptors (Lipinski definition) is 9. The highest BCUT2D eigenvalue weighted by Gasteiger charge is 2.16. The van der Waals surface area contributed by atoms with Crippen LogP contribution in [0.25, 0.3) is 11.0 Å². The highest BCUT2D eigenvalue weighted by Crippen LogP contribution is 2.29. The van der Waals surface area contributed by atoms with E-state index < -0.39 is 5.97 Å². The highest BCUT2D eigenvalue weighted by molar-refractivity contribution is 5.81.